The first-order valence-corrected chi connectivity index (χ1v) is 14.5. The van der Waals surface area contributed by atoms with E-state index in [0.717, 1.165) is 19.1 Å². The average molecular weight is 565 g/mol. The van der Waals surface area contributed by atoms with Gasteiger partial charge in [-0.3, -0.25) is 24.5 Å². The lowest BCUT2D eigenvalue weighted by Crippen LogP contribution is -2.62. The number of carbonyl (C=O) groups is 5. The molecule has 228 valence electrons. The molecule has 0 radical (unpaired) electrons. The van der Waals surface area contributed by atoms with Crippen LogP contribution < -0.4 is 16.0 Å². The summed E-state index contributed by atoms with van der Waals surface area (Å²) in [4.78, 5) is 58.5. The first-order valence-electron chi connectivity index (χ1n) is 14.5. The third kappa shape index (κ3) is 16.0. The van der Waals surface area contributed by atoms with Crippen LogP contribution in [-0.4, -0.2) is 77.2 Å². The molecule has 0 aliphatic carbocycles. The Kier molecular flexibility index (Phi) is 22.9. The van der Waals surface area contributed by atoms with E-state index >= 15 is 0 Å². The number of nitrogens with one attached hydrogen (secondary N) is 3. The van der Waals surface area contributed by atoms with E-state index in [0.29, 0.717) is 31.5 Å². The Labute approximate surface area is 240 Å². The summed E-state index contributed by atoms with van der Waals surface area (Å²) in [5.74, 6) is -1.42. The number of hydrogen-bond donors (Lipinski definition) is 4. The Hall–Kier alpha value is -3.27. The van der Waals surface area contributed by atoms with E-state index in [1.807, 2.05) is 54.5 Å². The number of piperazine rings is 1. The van der Waals surface area contributed by atoms with Crippen molar-refractivity contribution in [2.45, 2.75) is 112 Å². The Bertz CT molecular complexity index is 865. The Balaban J connectivity index is 0. The van der Waals surface area contributed by atoms with Crippen molar-refractivity contribution in [1.29, 1.82) is 0 Å². The van der Waals surface area contributed by atoms with Gasteiger partial charge in [0, 0.05) is 37.7 Å². The van der Waals surface area contributed by atoms with Crippen LogP contribution in [0.1, 0.15) is 97.9 Å². The lowest BCUT2D eigenvalue weighted by atomic mass is 10.1. The number of rotatable bonds is 11. The fourth-order valence-corrected chi connectivity index (χ4v) is 3.75. The van der Waals surface area contributed by atoms with Gasteiger partial charge < -0.3 is 25.4 Å². The number of carbonyl (C=O) groups excluding carboxylic acids is 4. The molecule has 2 rings (SSSR count). The highest BCUT2D eigenvalue weighted by Crippen LogP contribution is 2.09. The molecule has 0 spiro atoms. The maximum Gasteiger partial charge on any atom is 0.305 e. The summed E-state index contributed by atoms with van der Waals surface area (Å²) in [7, 11) is 0. The lowest BCUT2D eigenvalue weighted by Gasteiger charge is -2.38. The second-order valence-corrected chi connectivity index (χ2v) is 8.83. The second kappa shape index (κ2) is 23.6. The molecule has 0 aromatic heterocycles. The van der Waals surface area contributed by atoms with Crippen molar-refractivity contribution in [3.63, 3.8) is 0 Å². The van der Waals surface area contributed by atoms with E-state index in [1.54, 1.807) is 29.2 Å². The highest BCUT2D eigenvalue weighted by Gasteiger charge is 2.32. The van der Waals surface area contributed by atoms with Gasteiger partial charge >= 0.3 is 5.97 Å². The minimum atomic E-state index is -0.935. The molecule has 1 fully saturated rings. The largest absolute Gasteiger partial charge is 0.481 e. The number of aldehydes is 1. The molecule has 1 heterocycles. The minimum absolute atomic E-state index is 0.0506. The molecular weight excluding hydrogens is 512 g/mol. The van der Waals surface area contributed by atoms with Crippen LogP contribution in [0.3, 0.4) is 0 Å². The maximum absolute atomic E-state index is 12.3. The van der Waals surface area contributed by atoms with Crippen molar-refractivity contribution in [2.75, 3.05) is 13.1 Å². The third-order valence-corrected chi connectivity index (χ3v) is 5.91. The molecule has 1 aromatic carbocycles. The van der Waals surface area contributed by atoms with Crippen LogP contribution in [-0.2, 0) is 19.2 Å². The fraction of sp³-hybridized carbons (Fsp3) is 0.633. The molecule has 10 nitrogen and oxygen atoms in total. The van der Waals surface area contributed by atoms with E-state index in [-0.39, 0.29) is 42.3 Å². The van der Waals surface area contributed by atoms with Crippen molar-refractivity contribution in [3.8, 4) is 0 Å². The summed E-state index contributed by atoms with van der Waals surface area (Å²) in [5.41, 5.74) is 0.584. The topological polar surface area (TPSA) is 145 Å². The van der Waals surface area contributed by atoms with Crippen LogP contribution in [0, 0.1) is 0 Å². The molecule has 0 bridgehead atoms. The van der Waals surface area contributed by atoms with E-state index in [2.05, 4.69) is 16.0 Å². The first kappa shape index (κ1) is 38.9. The molecule has 3 amide bonds. The van der Waals surface area contributed by atoms with Gasteiger partial charge in [-0.15, -0.1) is 0 Å². The molecular formula is C30H52N4O6. The number of aliphatic carboxylic acids is 1. The molecule has 4 atom stereocenters. The van der Waals surface area contributed by atoms with Crippen LogP contribution in [0.25, 0.3) is 0 Å². The van der Waals surface area contributed by atoms with Crippen molar-refractivity contribution in [2.24, 2.45) is 0 Å². The number of hydrogen-bond acceptors (Lipinski definition) is 6. The number of carboxylic acids is 1. The zero-order valence-corrected chi connectivity index (χ0v) is 25.7. The van der Waals surface area contributed by atoms with Gasteiger partial charge in [-0.2, -0.15) is 0 Å². The molecule has 1 aliphatic rings. The third-order valence-electron chi connectivity index (χ3n) is 5.91. The van der Waals surface area contributed by atoms with Gasteiger partial charge in [0.05, 0.1) is 12.5 Å². The van der Waals surface area contributed by atoms with Crippen LogP contribution >= 0.6 is 0 Å². The minimum Gasteiger partial charge on any atom is -0.481 e. The van der Waals surface area contributed by atoms with Gasteiger partial charge in [-0.05, 0) is 31.4 Å². The molecule has 40 heavy (non-hydrogen) atoms. The van der Waals surface area contributed by atoms with Crippen molar-refractivity contribution in [3.05, 3.63) is 35.9 Å². The van der Waals surface area contributed by atoms with Crippen molar-refractivity contribution in [1.82, 2.24) is 20.9 Å². The van der Waals surface area contributed by atoms with E-state index in [1.165, 1.54) is 6.92 Å². The highest BCUT2D eigenvalue weighted by atomic mass is 16.4. The summed E-state index contributed by atoms with van der Waals surface area (Å²) in [6, 6.07) is 7.72. The second-order valence-electron chi connectivity index (χ2n) is 8.83. The van der Waals surface area contributed by atoms with Crippen molar-refractivity contribution >= 4 is 30.0 Å². The van der Waals surface area contributed by atoms with Crippen LogP contribution in [0.5, 0.6) is 0 Å². The predicted octanol–water partition coefficient (Wildman–Crippen LogP) is 3.79. The standard InChI is InChI=1S/C14H25N3O4.C12H15NO2.2C2H6/c1-4-10(6-13(19)20)16-14(21)12-8-17(9(3)18)7-11(5-2)15-12;1-2-6-11(9-14)13-12(15)10-7-4-3-5-8-10;2*1-2/h10-12,15H,4-8H2,1-3H3,(H,16,21)(H,19,20);3-5,7-9,11H,2,6H2,1H3,(H,13,15);2*1-2H3. The Morgan fingerprint density at radius 2 is 1.62 bits per heavy atom. The molecule has 1 aromatic rings. The molecule has 4 N–H and O–H groups in total. The predicted molar refractivity (Wildman–Crippen MR) is 159 cm³/mol. The molecule has 4 unspecified atom stereocenters. The monoisotopic (exact) mass is 564 g/mol. The average Bonchev–Trinajstić information content (AvgIpc) is 2.98. The molecule has 1 aliphatic heterocycles. The summed E-state index contributed by atoms with van der Waals surface area (Å²) in [5, 5.41) is 17.5. The number of carboxylic acid groups (broad SMARTS) is 1. The van der Waals surface area contributed by atoms with Gasteiger partial charge in [0.2, 0.25) is 11.8 Å². The van der Waals surface area contributed by atoms with Gasteiger partial charge in [0.1, 0.15) is 12.3 Å². The molecule has 10 heteroatoms. The summed E-state index contributed by atoms with van der Waals surface area (Å²) in [6.45, 7) is 16.2. The highest BCUT2D eigenvalue weighted by molar-refractivity contribution is 5.95. The van der Waals surface area contributed by atoms with Gasteiger partial charge in [-0.25, -0.2) is 0 Å². The smallest absolute Gasteiger partial charge is 0.305 e. The van der Waals surface area contributed by atoms with E-state index in [9.17, 15) is 24.0 Å². The zero-order chi connectivity index (χ0) is 31.1. The van der Waals surface area contributed by atoms with Crippen molar-refractivity contribution < 1.29 is 29.1 Å². The Morgan fingerprint density at radius 1 is 1.02 bits per heavy atom. The van der Waals surface area contributed by atoms with Gasteiger partial charge in [-0.1, -0.05) is 73.1 Å². The zero-order valence-electron chi connectivity index (χ0n) is 25.7. The number of benzene rings is 1. The SMILES string of the molecule is CC.CC.CCC(CC(=O)O)NC(=O)C1CN(C(C)=O)CC(CC)N1.CCCC(C=O)NC(=O)c1ccccc1. The normalized spacial score (nSPS) is 17.1. The van der Waals surface area contributed by atoms with Crippen LogP contribution in [0.15, 0.2) is 30.3 Å². The van der Waals surface area contributed by atoms with Crippen LogP contribution in [0.4, 0.5) is 0 Å². The number of amides is 3. The maximum atomic E-state index is 12.3. The van der Waals surface area contributed by atoms with E-state index in [4.69, 9.17) is 5.11 Å². The van der Waals surface area contributed by atoms with Gasteiger partial charge in [0.25, 0.3) is 5.91 Å². The van der Waals surface area contributed by atoms with Crippen LogP contribution in [0.2, 0.25) is 0 Å². The summed E-state index contributed by atoms with van der Waals surface area (Å²) in [6.07, 6.45) is 3.62. The van der Waals surface area contributed by atoms with E-state index < -0.39 is 12.0 Å². The lowest BCUT2D eigenvalue weighted by molar-refractivity contribution is -0.137. The first-order chi connectivity index (χ1) is 19.1. The number of nitrogens with zero attached hydrogens (tertiary/aromatic N) is 1. The molecule has 0 saturated carbocycles. The Morgan fingerprint density at radius 3 is 2.08 bits per heavy atom. The quantitative estimate of drug-likeness (QED) is 0.299. The summed E-state index contributed by atoms with van der Waals surface area (Å²) < 4.78 is 0. The fourth-order valence-electron chi connectivity index (χ4n) is 3.75. The molecule has 1 saturated heterocycles. The van der Waals surface area contributed by atoms with Gasteiger partial charge in [0.15, 0.2) is 0 Å². The summed E-state index contributed by atoms with van der Waals surface area (Å²) >= 11 is 0.